The summed E-state index contributed by atoms with van der Waals surface area (Å²) in [5.41, 5.74) is 1.91. The van der Waals surface area contributed by atoms with Crippen LogP contribution >= 0.6 is 0 Å². The molecule has 0 spiro atoms. The number of nitrogens with one attached hydrogen (secondary N) is 1. The fourth-order valence-corrected chi connectivity index (χ4v) is 2.75. The van der Waals surface area contributed by atoms with Crippen molar-refractivity contribution in [3.8, 4) is 0 Å². The van der Waals surface area contributed by atoms with Crippen molar-refractivity contribution in [1.82, 2.24) is 4.90 Å². The Hall–Kier alpha value is -1.71. The third kappa shape index (κ3) is 3.44. The number of amides is 2. The van der Waals surface area contributed by atoms with E-state index in [0.29, 0.717) is 5.92 Å². The molecular formula is C16H25N3O. The molecule has 4 heteroatoms. The van der Waals surface area contributed by atoms with Crippen molar-refractivity contribution in [2.75, 3.05) is 37.4 Å². The van der Waals surface area contributed by atoms with Crippen molar-refractivity contribution in [3.05, 3.63) is 24.3 Å². The van der Waals surface area contributed by atoms with E-state index in [0.717, 1.165) is 37.3 Å². The molecule has 1 aliphatic rings. The van der Waals surface area contributed by atoms with Gasteiger partial charge in [0.1, 0.15) is 0 Å². The maximum atomic E-state index is 12.4. The lowest BCUT2D eigenvalue weighted by Crippen LogP contribution is -2.42. The number of carbonyl (C=O) groups is 1. The van der Waals surface area contributed by atoms with Crippen LogP contribution in [0.3, 0.4) is 0 Å². The Morgan fingerprint density at radius 2 is 2.15 bits per heavy atom. The number of hydrogen-bond acceptors (Lipinski definition) is 2. The lowest BCUT2D eigenvalue weighted by atomic mass is 9.96. The summed E-state index contributed by atoms with van der Waals surface area (Å²) in [6.45, 7) is 3.95. The number of anilines is 2. The Morgan fingerprint density at radius 1 is 1.40 bits per heavy atom. The molecule has 110 valence electrons. The van der Waals surface area contributed by atoms with Crippen LogP contribution in [0, 0.1) is 5.92 Å². The summed E-state index contributed by atoms with van der Waals surface area (Å²) in [7, 11) is 3.97. The Kier molecular flexibility index (Phi) is 4.88. The summed E-state index contributed by atoms with van der Waals surface area (Å²) < 4.78 is 0. The summed E-state index contributed by atoms with van der Waals surface area (Å²) in [4.78, 5) is 16.4. The minimum atomic E-state index is 0.0254. The van der Waals surface area contributed by atoms with E-state index in [9.17, 15) is 4.79 Å². The molecule has 0 saturated carbocycles. The predicted octanol–water partition coefficient (Wildman–Crippen LogP) is 3.41. The molecule has 1 heterocycles. The van der Waals surface area contributed by atoms with Crippen LogP contribution in [0.25, 0.3) is 0 Å². The highest BCUT2D eigenvalue weighted by Crippen LogP contribution is 2.25. The summed E-state index contributed by atoms with van der Waals surface area (Å²) in [5, 5.41) is 3.05. The second-order valence-electron chi connectivity index (χ2n) is 5.70. The Balaban J connectivity index is 2.04. The number of rotatable bonds is 3. The standard InChI is InChI=1S/C16H25N3O/c1-4-13-8-7-11-19(12-13)16(20)17-14-9-5-6-10-15(14)18(2)3/h5-6,9-10,13H,4,7-8,11-12H2,1-3H3,(H,17,20). The van der Waals surface area contributed by atoms with Gasteiger partial charge >= 0.3 is 6.03 Å². The number of likely N-dealkylation sites (tertiary alicyclic amines) is 1. The highest BCUT2D eigenvalue weighted by atomic mass is 16.2. The first-order valence-electron chi connectivity index (χ1n) is 7.44. The molecule has 1 aromatic rings. The summed E-state index contributed by atoms with van der Waals surface area (Å²) in [5.74, 6) is 0.651. The van der Waals surface area contributed by atoms with E-state index in [1.54, 1.807) is 0 Å². The van der Waals surface area contributed by atoms with Crippen LogP contribution in [-0.4, -0.2) is 38.1 Å². The predicted molar refractivity (Wildman–Crippen MR) is 84.4 cm³/mol. The van der Waals surface area contributed by atoms with Gasteiger partial charge in [0, 0.05) is 27.2 Å². The Labute approximate surface area is 121 Å². The number of para-hydroxylation sites is 2. The average molecular weight is 275 g/mol. The van der Waals surface area contributed by atoms with Gasteiger partial charge in [-0.05, 0) is 30.9 Å². The topological polar surface area (TPSA) is 35.6 Å². The van der Waals surface area contributed by atoms with Crippen LogP contribution in [0.2, 0.25) is 0 Å². The van der Waals surface area contributed by atoms with Crippen LogP contribution in [-0.2, 0) is 0 Å². The first-order valence-corrected chi connectivity index (χ1v) is 7.44. The normalized spacial score (nSPS) is 18.8. The van der Waals surface area contributed by atoms with Crippen LogP contribution in [0.15, 0.2) is 24.3 Å². The molecular weight excluding hydrogens is 250 g/mol. The molecule has 1 atom stereocenters. The van der Waals surface area contributed by atoms with Crippen molar-refractivity contribution in [1.29, 1.82) is 0 Å². The fraction of sp³-hybridized carbons (Fsp3) is 0.562. The van der Waals surface area contributed by atoms with Crippen molar-refractivity contribution < 1.29 is 4.79 Å². The quantitative estimate of drug-likeness (QED) is 0.917. The van der Waals surface area contributed by atoms with Gasteiger partial charge in [-0.1, -0.05) is 25.5 Å². The van der Waals surface area contributed by atoms with Crippen LogP contribution in [0.5, 0.6) is 0 Å². The summed E-state index contributed by atoms with van der Waals surface area (Å²) >= 11 is 0. The molecule has 0 aromatic heterocycles. The van der Waals surface area contributed by atoms with E-state index in [-0.39, 0.29) is 6.03 Å². The van der Waals surface area contributed by atoms with Gasteiger partial charge in [0.25, 0.3) is 0 Å². The Bertz CT molecular complexity index is 459. The number of benzene rings is 1. The molecule has 1 aromatic carbocycles. The molecule has 20 heavy (non-hydrogen) atoms. The molecule has 1 unspecified atom stereocenters. The summed E-state index contributed by atoms with van der Waals surface area (Å²) in [6.07, 6.45) is 3.51. The van der Waals surface area contributed by atoms with Crippen molar-refractivity contribution in [2.24, 2.45) is 5.92 Å². The van der Waals surface area contributed by atoms with Gasteiger partial charge in [-0.3, -0.25) is 0 Å². The monoisotopic (exact) mass is 275 g/mol. The molecule has 1 N–H and O–H groups in total. The average Bonchev–Trinajstić information content (AvgIpc) is 2.47. The lowest BCUT2D eigenvalue weighted by molar-refractivity contribution is 0.176. The largest absolute Gasteiger partial charge is 0.376 e. The number of carbonyl (C=O) groups excluding carboxylic acids is 1. The highest BCUT2D eigenvalue weighted by Gasteiger charge is 2.23. The summed E-state index contributed by atoms with van der Waals surface area (Å²) in [6, 6.07) is 7.93. The van der Waals surface area contributed by atoms with Crippen molar-refractivity contribution in [2.45, 2.75) is 26.2 Å². The van der Waals surface area contributed by atoms with E-state index in [1.807, 2.05) is 48.2 Å². The van der Waals surface area contributed by atoms with E-state index in [4.69, 9.17) is 0 Å². The zero-order valence-electron chi connectivity index (χ0n) is 12.7. The minimum absolute atomic E-state index is 0.0254. The van der Waals surface area contributed by atoms with Gasteiger partial charge in [-0.25, -0.2) is 4.79 Å². The highest BCUT2D eigenvalue weighted by molar-refractivity contribution is 5.93. The number of hydrogen-bond donors (Lipinski definition) is 1. The molecule has 2 rings (SSSR count). The molecule has 0 bridgehead atoms. The molecule has 0 aliphatic carbocycles. The first kappa shape index (κ1) is 14.7. The van der Waals surface area contributed by atoms with Crippen LogP contribution < -0.4 is 10.2 Å². The second kappa shape index (κ2) is 6.64. The van der Waals surface area contributed by atoms with Gasteiger partial charge in [-0.15, -0.1) is 0 Å². The fourth-order valence-electron chi connectivity index (χ4n) is 2.75. The van der Waals surface area contributed by atoms with Gasteiger partial charge in [0.15, 0.2) is 0 Å². The Morgan fingerprint density at radius 3 is 2.85 bits per heavy atom. The maximum absolute atomic E-state index is 12.4. The van der Waals surface area contributed by atoms with Crippen LogP contribution in [0.1, 0.15) is 26.2 Å². The number of urea groups is 1. The van der Waals surface area contributed by atoms with Gasteiger partial charge in [0.05, 0.1) is 11.4 Å². The zero-order chi connectivity index (χ0) is 14.5. The van der Waals surface area contributed by atoms with E-state index >= 15 is 0 Å². The second-order valence-corrected chi connectivity index (χ2v) is 5.70. The smallest absolute Gasteiger partial charge is 0.321 e. The van der Waals surface area contributed by atoms with Gasteiger partial charge < -0.3 is 15.1 Å². The van der Waals surface area contributed by atoms with Crippen LogP contribution in [0.4, 0.5) is 16.2 Å². The minimum Gasteiger partial charge on any atom is -0.376 e. The number of nitrogens with zero attached hydrogens (tertiary/aromatic N) is 2. The molecule has 1 fully saturated rings. The molecule has 2 amide bonds. The first-order chi connectivity index (χ1) is 9.61. The van der Waals surface area contributed by atoms with Gasteiger partial charge in [-0.2, -0.15) is 0 Å². The third-order valence-electron chi connectivity index (χ3n) is 4.01. The molecule has 0 radical (unpaired) electrons. The van der Waals surface area contributed by atoms with E-state index in [2.05, 4.69) is 12.2 Å². The lowest BCUT2D eigenvalue weighted by Gasteiger charge is -2.32. The zero-order valence-corrected chi connectivity index (χ0v) is 12.7. The van der Waals surface area contributed by atoms with E-state index < -0.39 is 0 Å². The third-order valence-corrected chi connectivity index (χ3v) is 4.01. The van der Waals surface area contributed by atoms with Crippen molar-refractivity contribution >= 4 is 17.4 Å². The SMILES string of the molecule is CCC1CCCN(C(=O)Nc2ccccc2N(C)C)C1. The van der Waals surface area contributed by atoms with Crippen molar-refractivity contribution in [3.63, 3.8) is 0 Å². The molecule has 4 nitrogen and oxygen atoms in total. The molecule has 1 saturated heterocycles. The maximum Gasteiger partial charge on any atom is 0.321 e. The molecule has 1 aliphatic heterocycles. The number of piperidine rings is 1. The van der Waals surface area contributed by atoms with E-state index in [1.165, 1.54) is 6.42 Å². The van der Waals surface area contributed by atoms with Gasteiger partial charge in [0.2, 0.25) is 0 Å².